The lowest BCUT2D eigenvalue weighted by Gasteiger charge is -2.32. The zero-order valence-corrected chi connectivity index (χ0v) is 10.4. The maximum absolute atomic E-state index is 13.2. The fraction of sp³-hybridized carbons (Fsp3) is 0.571. The van der Waals surface area contributed by atoms with Gasteiger partial charge in [-0.25, -0.2) is 4.39 Å². The molecule has 0 heterocycles. The van der Waals surface area contributed by atoms with Crippen LogP contribution in [0.5, 0.6) is 0 Å². The first-order valence-corrected chi connectivity index (χ1v) is 6.43. The maximum atomic E-state index is 13.2. The maximum Gasteiger partial charge on any atom is 0.126 e. The lowest BCUT2D eigenvalue weighted by molar-refractivity contribution is 0.332. The van der Waals surface area contributed by atoms with Crippen LogP contribution < -0.4 is 11.1 Å². The molecule has 0 bridgehead atoms. The number of hydrogen-bond acceptors (Lipinski definition) is 2. The minimum absolute atomic E-state index is 0.144. The SMILES string of the molecule is Cc1cc(NC2CCCCC2CN)ccc1F. The normalized spacial score (nSPS) is 24.6. The number of nitrogens with one attached hydrogen (secondary N) is 1. The van der Waals surface area contributed by atoms with Crippen molar-refractivity contribution in [1.29, 1.82) is 0 Å². The van der Waals surface area contributed by atoms with Gasteiger partial charge in [0.2, 0.25) is 0 Å². The molecule has 3 heteroatoms. The molecule has 1 aromatic rings. The third kappa shape index (κ3) is 2.97. The van der Waals surface area contributed by atoms with Crippen LogP contribution in [0.4, 0.5) is 10.1 Å². The number of halogens is 1. The molecule has 1 fully saturated rings. The lowest BCUT2D eigenvalue weighted by Crippen LogP contribution is -2.36. The molecule has 94 valence electrons. The van der Waals surface area contributed by atoms with Gasteiger partial charge < -0.3 is 11.1 Å². The quantitative estimate of drug-likeness (QED) is 0.846. The number of benzene rings is 1. The van der Waals surface area contributed by atoms with Gasteiger partial charge in [-0.1, -0.05) is 12.8 Å². The Morgan fingerprint density at radius 3 is 2.82 bits per heavy atom. The van der Waals surface area contributed by atoms with E-state index in [4.69, 9.17) is 5.73 Å². The van der Waals surface area contributed by atoms with Crippen LogP contribution in [0.1, 0.15) is 31.2 Å². The number of rotatable bonds is 3. The van der Waals surface area contributed by atoms with E-state index in [2.05, 4.69) is 5.32 Å². The van der Waals surface area contributed by atoms with E-state index in [-0.39, 0.29) is 5.82 Å². The van der Waals surface area contributed by atoms with E-state index in [1.807, 2.05) is 12.1 Å². The fourth-order valence-electron chi connectivity index (χ4n) is 2.63. The molecular formula is C14H21FN2. The molecule has 0 amide bonds. The highest BCUT2D eigenvalue weighted by molar-refractivity contribution is 5.46. The van der Waals surface area contributed by atoms with Crippen molar-refractivity contribution in [3.8, 4) is 0 Å². The molecule has 2 nitrogen and oxygen atoms in total. The predicted molar refractivity (Wildman–Crippen MR) is 69.6 cm³/mol. The highest BCUT2D eigenvalue weighted by atomic mass is 19.1. The summed E-state index contributed by atoms with van der Waals surface area (Å²) in [7, 11) is 0. The summed E-state index contributed by atoms with van der Waals surface area (Å²) in [6, 6.07) is 5.65. The van der Waals surface area contributed by atoms with E-state index in [0.717, 1.165) is 18.7 Å². The Bertz CT molecular complexity index is 378. The van der Waals surface area contributed by atoms with Crippen LogP contribution in [0.15, 0.2) is 18.2 Å². The smallest absolute Gasteiger partial charge is 0.126 e. The van der Waals surface area contributed by atoms with Crippen molar-refractivity contribution in [2.45, 2.75) is 38.6 Å². The Labute approximate surface area is 102 Å². The van der Waals surface area contributed by atoms with Crippen molar-refractivity contribution in [3.63, 3.8) is 0 Å². The molecular weight excluding hydrogens is 215 g/mol. The van der Waals surface area contributed by atoms with Crippen LogP contribution in [0, 0.1) is 18.7 Å². The Morgan fingerprint density at radius 2 is 2.12 bits per heavy atom. The molecule has 3 N–H and O–H groups in total. The summed E-state index contributed by atoms with van der Waals surface area (Å²) in [5, 5.41) is 3.50. The molecule has 0 aromatic heterocycles. The molecule has 2 atom stereocenters. The van der Waals surface area contributed by atoms with E-state index in [0.29, 0.717) is 17.5 Å². The molecule has 2 rings (SSSR count). The van der Waals surface area contributed by atoms with Crippen molar-refractivity contribution in [3.05, 3.63) is 29.6 Å². The van der Waals surface area contributed by atoms with Crippen molar-refractivity contribution < 1.29 is 4.39 Å². The first-order valence-electron chi connectivity index (χ1n) is 6.43. The van der Waals surface area contributed by atoms with Gasteiger partial charge in [0.25, 0.3) is 0 Å². The zero-order valence-electron chi connectivity index (χ0n) is 10.4. The summed E-state index contributed by atoms with van der Waals surface area (Å²) in [4.78, 5) is 0. The van der Waals surface area contributed by atoms with Gasteiger partial charge in [-0.05, 0) is 56.0 Å². The molecule has 0 saturated heterocycles. The van der Waals surface area contributed by atoms with Crippen LogP contribution in [-0.4, -0.2) is 12.6 Å². The van der Waals surface area contributed by atoms with Crippen LogP contribution in [0.3, 0.4) is 0 Å². The monoisotopic (exact) mass is 236 g/mol. The summed E-state index contributed by atoms with van der Waals surface area (Å²) in [5.74, 6) is 0.406. The Kier molecular flexibility index (Phi) is 4.00. The van der Waals surface area contributed by atoms with Crippen molar-refractivity contribution in [2.24, 2.45) is 11.7 Å². The summed E-state index contributed by atoms with van der Waals surface area (Å²) < 4.78 is 13.2. The molecule has 1 aromatic carbocycles. The first kappa shape index (κ1) is 12.4. The largest absolute Gasteiger partial charge is 0.382 e. The van der Waals surface area contributed by atoms with Gasteiger partial charge in [0, 0.05) is 11.7 Å². The van der Waals surface area contributed by atoms with Gasteiger partial charge in [-0.2, -0.15) is 0 Å². The molecule has 0 radical (unpaired) electrons. The van der Waals surface area contributed by atoms with E-state index in [9.17, 15) is 4.39 Å². The van der Waals surface area contributed by atoms with Crippen LogP contribution in [-0.2, 0) is 0 Å². The van der Waals surface area contributed by atoms with E-state index in [1.165, 1.54) is 25.3 Å². The summed E-state index contributed by atoms with van der Waals surface area (Å²) in [6.45, 7) is 2.53. The van der Waals surface area contributed by atoms with Gasteiger partial charge in [-0.15, -0.1) is 0 Å². The number of nitrogens with two attached hydrogens (primary N) is 1. The Morgan fingerprint density at radius 1 is 1.35 bits per heavy atom. The predicted octanol–water partition coefficient (Wildman–Crippen LogP) is 3.06. The number of aryl methyl sites for hydroxylation is 1. The van der Waals surface area contributed by atoms with Crippen LogP contribution in [0.25, 0.3) is 0 Å². The highest BCUT2D eigenvalue weighted by Crippen LogP contribution is 2.27. The van der Waals surface area contributed by atoms with Gasteiger partial charge in [-0.3, -0.25) is 0 Å². The Balaban J connectivity index is 2.05. The minimum atomic E-state index is -0.144. The summed E-state index contributed by atoms with van der Waals surface area (Å²) in [5.41, 5.74) is 7.50. The van der Waals surface area contributed by atoms with E-state index in [1.54, 1.807) is 6.92 Å². The van der Waals surface area contributed by atoms with Crippen molar-refractivity contribution >= 4 is 5.69 Å². The third-order valence-electron chi connectivity index (χ3n) is 3.72. The molecule has 0 spiro atoms. The minimum Gasteiger partial charge on any atom is -0.382 e. The second kappa shape index (κ2) is 5.50. The molecule has 2 unspecified atom stereocenters. The van der Waals surface area contributed by atoms with Gasteiger partial charge >= 0.3 is 0 Å². The average molecular weight is 236 g/mol. The van der Waals surface area contributed by atoms with E-state index < -0.39 is 0 Å². The zero-order chi connectivity index (χ0) is 12.3. The topological polar surface area (TPSA) is 38.0 Å². The average Bonchev–Trinajstić information content (AvgIpc) is 2.34. The van der Waals surface area contributed by atoms with Gasteiger partial charge in [0.05, 0.1) is 0 Å². The van der Waals surface area contributed by atoms with Crippen molar-refractivity contribution in [1.82, 2.24) is 0 Å². The third-order valence-corrected chi connectivity index (χ3v) is 3.72. The van der Waals surface area contributed by atoms with Crippen LogP contribution >= 0.6 is 0 Å². The van der Waals surface area contributed by atoms with E-state index >= 15 is 0 Å². The highest BCUT2D eigenvalue weighted by Gasteiger charge is 2.23. The summed E-state index contributed by atoms with van der Waals surface area (Å²) >= 11 is 0. The number of hydrogen-bond donors (Lipinski definition) is 2. The van der Waals surface area contributed by atoms with Gasteiger partial charge in [0.1, 0.15) is 5.82 Å². The molecule has 1 aliphatic carbocycles. The fourth-order valence-corrected chi connectivity index (χ4v) is 2.63. The first-order chi connectivity index (χ1) is 8.20. The second-order valence-electron chi connectivity index (χ2n) is 5.00. The standard InChI is InChI=1S/C14H21FN2/c1-10-8-12(6-7-13(10)15)17-14-5-3-2-4-11(14)9-16/h6-8,11,14,17H,2-5,9,16H2,1H3. The molecule has 17 heavy (non-hydrogen) atoms. The second-order valence-corrected chi connectivity index (χ2v) is 5.00. The van der Waals surface area contributed by atoms with Crippen molar-refractivity contribution in [2.75, 3.05) is 11.9 Å². The lowest BCUT2D eigenvalue weighted by atomic mass is 9.84. The molecule has 1 saturated carbocycles. The molecule has 1 aliphatic rings. The summed E-state index contributed by atoms with van der Waals surface area (Å²) in [6.07, 6.45) is 4.91. The molecule has 0 aliphatic heterocycles. The Hall–Kier alpha value is -1.09. The van der Waals surface area contributed by atoms with Crippen LogP contribution in [0.2, 0.25) is 0 Å². The van der Waals surface area contributed by atoms with Gasteiger partial charge in [0.15, 0.2) is 0 Å². The number of anilines is 1.